The maximum atomic E-state index is 12.6. The van der Waals surface area contributed by atoms with Crippen molar-refractivity contribution in [3.63, 3.8) is 0 Å². The molecule has 0 rings (SSSR count). The third-order valence-electron chi connectivity index (χ3n) is 4.25. The number of rotatable bonds is 13. The summed E-state index contributed by atoms with van der Waals surface area (Å²) in [4.78, 5) is 47.7. The number of unbranched alkanes of at least 4 members (excludes halogenated alkanes) is 2. The maximum absolute atomic E-state index is 12.6. The number of hydrogen-bond acceptors (Lipinski definition) is 7. The van der Waals surface area contributed by atoms with E-state index >= 15 is 0 Å². The van der Waals surface area contributed by atoms with E-state index in [1.807, 2.05) is 0 Å². The molecule has 0 saturated heterocycles. The van der Waals surface area contributed by atoms with E-state index in [4.69, 9.17) is 15.2 Å². The first-order valence-corrected chi connectivity index (χ1v) is 11.6. The Morgan fingerprint density at radius 3 is 1.82 bits per heavy atom. The van der Waals surface area contributed by atoms with Crippen LogP contribution in [0.2, 0.25) is 0 Å². The van der Waals surface area contributed by atoms with Gasteiger partial charge in [-0.3, -0.25) is 9.59 Å². The van der Waals surface area contributed by atoms with E-state index in [1.165, 1.54) is 6.92 Å². The van der Waals surface area contributed by atoms with Gasteiger partial charge in [-0.05, 0) is 80.1 Å². The second-order valence-corrected chi connectivity index (χ2v) is 10.1. The molecule has 3 amide bonds. The number of hydrogen-bond donors (Lipinski definition) is 4. The quantitative estimate of drug-likeness (QED) is 0.237. The first-order chi connectivity index (χ1) is 15.1. The number of carbonyl (C=O) groups excluding carboxylic acids is 4. The standard InChI is InChI=1S/C23H44N4O6/c1-16(28)25-14-11-9-13-18(20(30)32-22(2,3)4)27-19(29)17(24)12-8-10-15-26-21(31)33-23(5,6)7/h17-18H,8-15,24H2,1-7H3,(H,25,28)(H,26,31)(H,27,29). The van der Waals surface area contributed by atoms with Crippen LogP contribution in [0, 0.1) is 0 Å². The summed E-state index contributed by atoms with van der Waals surface area (Å²) in [6, 6.07) is -1.59. The molecule has 0 fully saturated rings. The average molecular weight is 473 g/mol. The van der Waals surface area contributed by atoms with Crippen molar-refractivity contribution in [1.82, 2.24) is 16.0 Å². The van der Waals surface area contributed by atoms with Gasteiger partial charge in [0.05, 0.1) is 6.04 Å². The van der Waals surface area contributed by atoms with Crippen molar-refractivity contribution in [2.24, 2.45) is 5.73 Å². The molecule has 0 aromatic rings. The van der Waals surface area contributed by atoms with E-state index in [2.05, 4.69) is 16.0 Å². The fourth-order valence-electron chi connectivity index (χ4n) is 2.76. The summed E-state index contributed by atoms with van der Waals surface area (Å²) in [5.41, 5.74) is 4.77. The molecule has 0 aliphatic carbocycles. The molecule has 0 aliphatic heterocycles. The number of ether oxygens (including phenoxy) is 2. The fourth-order valence-corrected chi connectivity index (χ4v) is 2.76. The van der Waals surface area contributed by atoms with Crippen LogP contribution in [-0.2, 0) is 23.9 Å². The summed E-state index contributed by atoms with van der Waals surface area (Å²) in [5, 5.41) is 8.07. The van der Waals surface area contributed by atoms with Crippen molar-refractivity contribution < 1.29 is 28.7 Å². The zero-order valence-electron chi connectivity index (χ0n) is 21.3. The van der Waals surface area contributed by atoms with Gasteiger partial charge in [0.25, 0.3) is 0 Å². The first kappa shape index (κ1) is 30.6. The van der Waals surface area contributed by atoms with Crippen LogP contribution in [0.3, 0.4) is 0 Å². The van der Waals surface area contributed by atoms with Gasteiger partial charge in [0, 0.05) is 20.0 Å². The molecule has 0 saturated carbocycles. The number of nitrogens with one attached hydrogen (secondary N) is 3. The Kier molecular flexibility index (Phi) is 13.7. The van der Waals surface area contributed by atoms with E-state index < -0.39 is 41.3 Å². The molecular weight excluding hydrogens is 428 g/mol. The molecule has 2 atom stereocenters. The maximum Gasteiger partial charge on any atom is 0.407 e. The normalized spacial score (nSPS) is 13.5. The zero-order chi connectivity index (χ0) is 25.7. The number of esters is 1. The summed E-state index contributed by atoms with van der Waals surface area (Å²) in [6.07, 6.45) is 2.86. The smallest absolute Gasteiger partial charge is 0.407 e. The summed E-state index contributed by atoms with van der Waals surface area (Å²) in [6.45, 7) is 13.0. The molecule has 33 heavy (non-hydrogen) atoms. The molecule has 2 unspecified atom stereocenters. The minimum atomic E-state index is -0.811. The lowest BCUT2D eigenvalue weighted by molar-refractivity contribution is -0.159. The summed E-state index contributed by atoms with van der Waals surface area (Å²) >= 11 is 0. The number of carbonyl (C=O) groups is 4. The van der Waals surface area contributed by atoms with Crippen molar-refractivity contribution in [3.05, 3.63) is 0 Å². The summed E-state index contributed by atoms with van der Waals surface area (Å²) < 4.78 is 10.6. The van der Waals surface area contributed by atoms with Gasteiger partial charge in [-0.2, -0.15) is 0 Å². The molecule has 0 radical (unpaired) electrons. The molecule has 192 valence electrons. The van der Waals surface area contributed by atoms with Crippen LogP contribution in [0.15, 0.2) is 0 Å². The van der Waals surface area contributed by atoms with Crippen molar-refractivity contribution in [3.8, 4) is 0 Å². The first-order valence-electron chi connectivity index (χ1n) is 11.6. The Morgan fingerprint density at radius 1 is 0.788 bits per heavy atom. The highest BCUT2D eigenvalue weighted by atomic mass is 16.6. The van der Waals surface area contributed by atoms with Gasteiger partial charge >= 0.3 is 12.1 Å². The molecule has 0 heterocycles. The third kappa shape index (κ3) is 17.8. The number of nitrogens with two attached hydrogens (primary N) is 1. The molecule has 5 N–H and O–H groups in total. The van der Waals surface area contributed by atoms with Crippen molar-refractivity contribution in [2.75, 3.05) is 13.1 Å². The van der Waals surface area contributed by atoms with Crippen molar-refractivity contribution in [2.45, 2.75) is 110 Å². The van der Waals surface area contributed by atoms with E-state index in [1.54, 1.807) is 41.5 Å². The predicted molar refractivity (Wildman–Crippen MR) is 126 cm³/mol. The van der Waals surface area contributed by atoms with Crippen LogP contribution in [0.1, 0.15) is 87.0 Å². The van der Waals surface area contributed by atoms with Gasteiger partial charge in [-0.25, -0.2) is 9.59 Å². The largest absolute Gasteiger partial charge is 0.458 e. The fraction of sp³-hybridized carbons (Fsp3) is 0.826. The average Bonchev–Trinajstić information content (AvgIpc) is 2.63. The zero-order valence-corrected chi connectivity index (χ0v) is 21.3. The Morgan fingerprint density at radius 2 is 1.30 bits per heavy atom. The van der Waals surface area contributed by atoms with E-state index in [-0.39, 0.29) is 5.91 Å². The van der Waals surface area contributed by atoms with Crippen LogP contribution in [0.4, 0.5) is 4.79 Å². The minimum absolute atomic E-state index is 0.112. The minimum Gasteiger partial charge on any atom is -0.458 e. The number of alkyl carbamates (subject to hydrolysis) is 1. The predicted octanol–water partition coefficient (Wildman–Crippen LogP) is 2.14. The highest BCUT2D eigenvalue weighted by Gasteiger charge is 2.28. The van der Waals surface area contributed by atoms with Crippen LogP contribution in [-0.4, -0.2) is 60.3 Å². The van der Waals surface area contributed by atoms with Gasteiger partial charge in [0.1, 0.15) is 17.2 Å². The molecule has 0 spiro atoms. The van der Waals surface area contributed by atoms with Crippen molar-refractivity contribution in [1.29, 1.82) is 0 Å². The summed E-state index contributed by atoms with van der Waals surface area (Å²) in [5.74, 6) is -1.05. The van der Waals surface area contributed by atoms with Crippen LogP contribution in [0.25, 0.3) is 0 Å². The van der Waals surface area contributed by atoms with Gasteiger partial charge in [0.15, 0.2) is 0 Å². The second kappa shape index (κ2) is 14.7. The lowest BCUT2D eigenvalue weighted by Gasteiger charge is -2.25. The second-order valence-electron chi connectivity index (χ2n) is 10.1. The SMILES string of the molecule is CC(=O)NCCCCC(NC(=O)C(N)CCCCNC(=O)OC(C)(C)C)C(=O)OC(C)(C)C. The monoisotopic (exact) mass is 472 g/mol. The Bertz CT molecular complexity index is 640. The molecule has 10 heteroatoms. The Balaban J connectivity index is 4.52. The van der Waals surface area contributed by atoms with Crippen LogP contribution < -0.4 is 21.7 Å². The molecule has 10 nitrogen and oxygen atoms in total. The van der Waals surface area contributed by atoms with Crippen molar-refractivity contribution >= 4 is 23.9 Å². The topological polar surface area (TPSA) is 149 Å². The van der Waals surface area contributed by atoms with Gasteiger partial charge in [0.2, 0.25) is 11.8 Å². The lowest BCUT2D eigenvalue weighted by atomic mass is 10.1. The molecule has 0 aliphatic rings. The van der Waals surface area contributed by atoms with E-state index in [0.717, 1.165) is 0 Å². The van der Waals surface area contributed by atoms with Gasteiger partial charge in [-0.15, -0.1) is 0 Å². The third-order valence-corrected chi connectivity index (χ3v) is 4.25. The van der Waals surface area contributed by atoms with E-state index in [9.17, 15) is 19.2 Å². The van der Waals surface area contributed by atoms with Gasteiger partial charge < -0.3 is 31.2 Å². The highest BCUT2D eigenvalue weighted by Crippen LogP contribution is 2.12. The summed E-state index contributed by atoms with van der Waals surface area (Å²) in [7, 11) is 0. The van der Waals surface area contributed by atoms with Gasteiger partial charge in [-0.1, -0.05) is 0 Å². The molecule has 0 aromatic carbocycles. The highest BCUT2D eigenvalue weighted by molar-refractivity contribution is 5.87. The molecular formula is C23H44N4O6. The van der Waals surface area contributed by atoms with Crippen LogP contribution in [0.5, 0.6) is 0 Å². The molecule has 0 aromatic heterocycles. The molecule has 0 bridgehead atoms. The number of amides is 3. The van der Waals surface area contributed by atoms with E-state index in [0.29, 0.717) is 51.6 Å². The Labute approximate surface area is 198 Å². The van der Waals surface area contributed by atoms with Crippen LogP contribution >= 0.6 is 0 Å². The Hall–Kier alpha value is -2.36. The lowest BCUT2D eigenvalue weighted by Crippen LogP contribution is -2.50.